The number of benzene rings is 5. The molecule has 5 amide bonds. The number of sulfonamides is 1. The van der Waals surface area contributed by atoms with Gasteiger partial charge in [0.25, 0.3) is 5.69 Å². The maximum Gasteiger partial charge on any atom is 0.407 e. The number of hydrogen-bond donors (Lipinski definition) is 4. The van der Waals surface area contributed by atoms with Gasteiger partial charge < -0.3 is 35.6 Å². The second kappa shape index (κ2) is 21.4. The Labute approximate surface area is 380 Å². The Morgan fingerprint density at radius 3 is 1.97 bits per heavy atom. The molecule has 2 atom stereocenters. The molecule has 1 fully saturated rings. The van der Waals surface area contributed by atoms with E-state index in [1.165, 1.54) is 17.0 Å². The zero-order valence-electron chi connectivity index (χ0n) is 35.5. The molecule has 1 aliphatic carbocycles. The third kappa shape index (κ3) is 11.4. The number of nitrogens with zero attached hydrogens (tertiary/aromatic N) is 3. The van der Waals surface area contributed by atoms with E-state index in [0.717, 1.165) is 39.9 Å². The maximum atomic E-state index is 14.6. The van der Waals surface area contributed by atoms with E-state index in [4.69, 9.17) is 9.47 Å². The van der Waals surface area contributed by atoms with Crippen molar-refractivity contribution in [2.45, 2.75) is 35.9 Å². The van der Waals surface area contributed by atoms with Gasteiger partial charge in [-0.1, -0.05) is 121 Å². The van der Waals surface area contributed by atoms with Crippen molar-refractivity contribution in [3.8, 4) is 11.1 Å². The smallest absolute Gasteiger partial charge is 0.407 e. The van der Waals surface area contributed by atoms with Crippen molar-refractivity contribution in [3.63, 3.8) is 0 Å². The third-order valence-electron chi connectivity index (χ3n) is 11.1. The van der Waals surface area contributed by atoms with E-state index in [0.29, 0.717) is 9.87 Å². The zero-order chi connectivity index (χ0) is 46.6. The van der Waals surface area contributed by atoms with Crippen LogP contribution in [0.15, 0.2) is 138 Å². The van der Waals surface area contributed by atoms with Crippen molar-refractivity contribution < 1.29 is 46.8 Å². The molecule has 1 heterocycles. The number of nitrogens with one attached hydrogen (secondary N) is 4. The minimum absolute atomic E-state index is 0.0294. The molecular weight excluding hydrogens is 871 g/mol. The molecule has 5 aromatic carbocycles. The third-order valence-corrected chi connectivity index (χ3v) is 13.0. The van der Waals surface area contributed by atoms with E-state index < -0.39 is 87.2 Å². The minimum atomic E-state index is -4.83. The lowest BCUT2D eigenvalue weighted by molar-refractivity contribution is -0.387. The normalized spacial score (nSPS) is 16.9. The van der Waals surface area contributed by atoms with Crippen LogP contribution in [0.1, 0.15) is 28.2 Å². The van der Waals surface area contributed by atoms with Crippen LogP contribution in [0.3, 0.4) is 0 Å². The molecule has 4 N–H and O–H groups in total. The Kier molecular flexibility index (Phi) is 15.0. The van der Waals surface area contributed by atoms with Gasteiger partial charge in [0.15, 0.2) is 4.90 Å². The predicted molar refractivity (Wildman–Crippen MR) is 240 cm³/mol. The van der Waals surface area contributed by atoms with Crippen LogP contribution in [0.25, 0.3) is 11.1 Å². The molecule has 342 valence electrons. The number of hydrogen-bond acceptors (Lipinski definition) is 11. The summed E-state index contributed by atoms with van der Waals surface area (Å²) >= 11 is 0. The van der Waals surface area contributed by atoms with Crippen molar-refractivity contribution in [2.75, 3.05) is 45.9 Å². The van der Waals surface area contributed by atoms with Gasteiger partial charge in [0.05, 0.1) is 18.0 Å². The number of para-hydroxylation sites is 1. The molecule has 7 rings (SSSR count). The first kappa shape index (κ1) is 46.4. The fourth-order valence-corrected chi connectivity index (χ4v) is 9.41. The van der Waals surface area contributed by atoms with Crippen LogP contribution in [0.4, 0.5) is 15.3 Å². The van der Waals surface area contributed by atoms with E-state index >= 15 is 0 Å². The highest BCUT2D eigenvalue weighted by molar-refractivity contribution is 7.89. The molecule has 0 bridgehead atoms. The zero-order valence-corrected chi connectivity index (χ0v) is 36.4. The fourth-order valence-electron chi connectivity index (χ4n) is 7.87. The van der Waals surface area contributed by atoms with Crippen LogP contribution in [-0.2, 0) is 46.9 Å². The number of alkyl carbamates (subject to hydrolysis) is 2. The SMILES string of the molecule is O=C1CN(S(=O)(=O)c2ccccc2[N+](=O)[O-])CCN(CCNC(=O)OCc2ccccc2)C(=O)[C@H](Cc2ccccc2)NC(=O)[C@@H](CNC(=O)OCC2c3ccccc3-c3ccccc32)N1. The number of fused-ring (bicyclic) bond motifs is 3. The van der Waals surface area contributed by atoms with E-state index in [1.807, 2.05) is 54.6 Å². The molecule has 66 heavy (non-hydrogen) atoms. The summed E-state index contributed by atoms with van der Waals surface area (Å²) < 4.78 is 40.2. The lowest BCUT2D eigenvalue weighted by Crippen LogP contribution is -2.60. The quantitative estimate of drug-likeness (QED) is 0.0914. The molecule has 0 spiro atoms. The van der Waals surface area contributed by atoms with Gasteiger partial charge in [-0.3, -0.25) is 24.5 Å². The molecule has 2 aliphatic rings. The summed E-state index contributed by atoms with van der Waals surface area (Å²) in [5.74, 6) is -2.84. The Morgan fingerprint density at radius 2 is 1.30 bits per heavy atom. The second-order valence-corrected chi connectivity index (χ2v) is 17.4. The number of ether oxygens (including phenoxy) is 2. The van der Waals surface area contributed by atoms with E-state index in [9.17, 15) is 42.5 Å². The molecule has 19 heteroatoms. The topological polar surface area (TPSA) is 236 Å². The first-order valence-corrected chi connectivity index (χ1v) is 22.5. The van der Waals surface area contributed by atoms with E-state index in [2.05, 4.69) is 21.3 Å². The Bertz CT molecular complexity index is 2640. The van der Waals surface area contributed by atoms with E-state index in [-0.39, 0.29) is 45.2 Å². The van der Waals surface area contributed by atoms with Gasteiger partial charge >= 0.3 is 12.2 Å². The van der Waals surface area contributed by atoms with Gasteiger partial charge in [-0.05, 0) is 39.4 Å². The highest BCUT2D eigenvalue weighted by atomic mass is 32.2. The van der Waals surface area contributed by atoms with Gasteiger partial charge in [-0.2, -0.15) is 4.31 Å². The van der Waals surface area contributed by atoms with Gasteiger partial charge in [0, 0.05) is 44.6 Å². The second-order valence-electron chi connectivity index (χ2n) is 15.5. The summed E-state index contributed by atoms with van der Waals surface area (Å²) in [4.78, 5) is 80.3. The van der Waals surface area contributed by atoms with Crippen LogP contribution < -0.4 is 21.3 Å². The lowest BCUT2D eigenvalue weighted by Gasteiger charge is -2.32. The highest BCUT2D eigenvalue weighted by Crippen LogP contribution is 2.44. The van der Waals surface area contributed by atoms with Crippen LogP contribution in [0.5, 0.6) is 0 Å². The summed E-state index contributed by atoms with van der Waals surface area (Å²) in [6.07, 6.45) is -1.75. The van der Waals surface area contributed by atoms with Gasteiger partial charge in [0.1, 0.15) is 25.3 Å². The molecule has 0 aromatic heterocycles. The monoisotopic (exact) mass is 917 g/mol. The van der Waals surface area contributed by atoms with Gasteiger partial charge in [-0.15, -0.1) is 0 Å². The standard InChI is InChI=1S/C47H47N7O11S/c55-43-29-53(66(62,63)42-22-12-11-21-41(42)54(60)61)26-25-52(24-23-48-46(58)64-30-33-15-5-2-6-16-33)45(57)39(27-32-13-3-1-4-14-32)51-44(56)40(50-43)28-49-47(59)65-31-38-36-19-9-7-17-34(36)35-18-8-10-20-37(35)38/h1-22,38-40H,23-31H2,(H,48,58)(H,49,59)(H,50,55)(H,51,56)/t39-,40+/m0/s1. The van der Waals surface area contributed by atoms with Crippen molar-refractivity contribution >= 4 is 45.6 Å². The number of rotatable bonds is 14. The molecule has 0 saturated carbocycles. The minimum Gasteiger partial charge on any atom is -0.449 e. The van der Waals surface area contributed by atoms with E-state index in [1.54, 1.807) is 54.6 Å². The van der Waals surface area contributed by atoms with Crippen LogP contribution in [0.2, 0.25) is 0 Å². The Balaban J connectivity index is 1.13. The van der Waals surface area contributed by atoms with Gasteiger partial charge in [0.2, 0.25) is 27.7 Å². The molecule has 5 aromatic rings. The molecule has 1 saturated heterocycles. The lowest BCUT2D eigenvalue weighted by atomic mass is 9.98. The average molecular weight is 918 g/mol. The molecule has 0 radical (unpaired) electrons. The van der Waals surface area contributed by atoms with Crippen molar-refractivity contribution in [1.29, 1.82) is 0 Å². The molecular formula is C47H47N7O11S. The van der Waals surface area contributed by atoms with Crippen LogP contribution >= 0.6 is 0 Å². The molecule has 18 nitrogen and oxygen atoms in total. The largest absolute Gasteiger partial charge is 0.449 e. The first-order valence-electron chi connectivity index (χ1n) is 21.1. The maximum absolute atomic E-state index is 14.6. The number of nitro benzene ring substituents is 1. The van der Waals surface area contributed by atoms with Crippen molar-refractivity contribution in [2.24, 2.45) is 0 Å². The summed E-state index contributed by atoms with van der Waals surface area (Å²) in [5.41, 5.74) is 4.61. The van der Waals surface area contributed by atoms with Gasteiger partial charge in [-0.25, -0.2) is 18.0 Å². The van der Waals surface area contributed by atoms with Crippen molar-refractivity contribution in [1.82, 2.24) is 30.5 Å². The predicted octanol–water partition coefficient (Wildman–Crippen LogP) is 4.11. The summed E-state index contributed by atoms with van der Waals surface area (Å²) in [6.45, 7) is -2.86. The van der Waals surface area contributed by atoms with Crippen molar-refractivity contribution in [3.05, 3.63) is 166 Å². The number of carbonyl (C=O) groups is 5. The number of nitro groups is 1. The first-order chi connectivity index (χ1) is 31.9. The molecule has 1 aliphatic heterocycles. The fraction of sp³-hybridized carbons (Fsp3) is 0.255. The van der Waals surface area contributed by atoms with Crippen LogP contribution in [-0.4, -0.2) is 110 Å². The Morgan fingerprint density at radius 1 is 0.712 bits per heavy atom. The molecule has 0 unspecified atom stereocenters. The summed E-state index contributed by atoms with van der Waals surface area (Å²) in [6, 6.07) is 34.9. The number of amides is 5. The highest BCUT2D eigenvalue weighted by Gasteiger charge is 2.37. The number of carbonyl (C=O) groups excluding carboxylic acids is 5. The summed E-state index contributed by atoms with van der Waals surface area (Å²) in [5, 5.41) is 22.3. The Hall–Kier alpha value is -7.64. The van der Waals surface area contributed by atoms with Crippen LogP contribution in [0, 0.1) is 10.1 Å². The summed E-state index contributed by atoms with van der Waals surface area (Å²) in [7, 11) is -4.83. The average Bonchev–Trinajstić information content (AvgIpc) is 3.65.